The van der Waals surface area contributed by atoms with Gasteiger partial charge < -0.3 is 25.4 Å². The van der Waals surface area contributed by atoms with E-state index in [0.29, 0.717) is 22.9 Å². The van der Waals surface area contributed by atoms with E-state index < -0.39 is 0 Å². The van der Waals surface area contributed by atoms with Gasteiger partial charge in [0, 0.05) is 32.5 Å². The number of pyridine rings is 1. The van der Waals surface area contributed by atoms with Crippen LogP contribution in [0.1, 0.15) is 36.8 Å². The summed E-state index contributed by atoms with van der Waals surface area (Å²) in [6.45, 7) is 4.05. The fourth-order valence-corrected chi connectivity index (χ4v) is 7.16. The SMILES string of the molecule is Nc1nc(N2CCC3(CC2)Cc2ccccc2C3)cnc1Sc1ccnc2c1OCC1(CCOCC1)N2. The van der Waals surface area contributed by atoms with Gasteiger partial charge in [0.05, 0.1) is 16.6 Å². The van der Waals surface area contributed by atoms with Crippen LogP contribution in [0.3, 0.4) is 0 Å². The summed E-state index contributed by atoms with van der Waals surface area (Å²) >= 11 is 1.48. The molecule has 3 aliphatic heterocycles. The molecule has 8 nitrogen and oxygen atoms in total. The lowest BCUT2D eigenvalue weighted by Crippen LogP contribution is -2.51. The normalized spacial score (nSPS) is 21.2. The number of hydrogen-bond donors (Lipinski definition) is 2. The second kappa shape index (κ2) is 9.06. The van der Waals surface area contributed by atoms with Crippen molar-refractivity contribution in [2.45, 2.75) is 54.0 Å². The summed E-state index contributed by atoms with van der Waals surface area (Å²) in [6.07, 6.45) is 10.2. The first kappa shape index (κ1) is 23.1. The minimum Gasteiger partial charge on any atom is -0.486 e. The molecule has 9 heteroatoms. The molecular weight excluding hydrogens is 484 g/mol. The average molecular weight is 517 g/mol. The summed E-state index contributed by atoms with van der Waals surface area (Å²) in [5.74, 6) is 2.85. The van der Waals surface area contributed by atoms with Gasteiger partial charge in [-0.3, -0.25) is 0 Å². The fourth-order valence-electron chi connectivity index (χ4n) is 6.32. The molecule has 37 heavy (non-hydrogen) atoms. The number of aromatic nitrogens is 3. The predicted molar refractivity (Wildman–Crippen MR) is 144 cm³/mol. The van der Waals surface area contributed by atoms with Gasteiger partial charge in [-0.2, -0.15) is 0 Å². The van der Waals surface area contributed by atoms with Crippen LogP contribution in [0.5, 0.6) is 5.75 Å². The van der Waals surface area contributed by atoms with Crippen molar-refractivity contribution in [2.75, 3.05) is 48.9 Å². The molecule has 0 atom stereocenters. The molecule has 2 aromatic heterocycles. The van der Waals surface area contributed by atoms with E-state index in [4.69, 9.17) is 25.2 Å². The van der Waals surface area contributed by atoms with Crippen LogP contribution >= 0.6 is 11.8 Å². The van der Waals surface area contributed by atoms with Gasteiger partial charge in [0.1, 0.15) is 17.5 Å². The van der Waals surface area contributed by atoms with E-state index in [2.05, 4.69) is 39.5 Å². The first-order chi connectivity index (χ1) is 18.1. The molecule has 1 aliphatic carbocycles. The number of nitrogens with one attached hydrogen (secondary N) is 1. The number of nitrogen functional groups attached to an aromatic ring is 1. The topological polar surface area (TPSA) is 98.4 Å². The van der Waals surface area contributed by atoms with Crippen molar-refractivity contribution in [2.24, 2.45) is 5.41 Å². The van der Waals surface area contributed by atoms with Gasteiger partial charge in [0.25, 0.3) is 0 Å². The number of fused-ring (bicyclic) bond motifs is 2. The molecule has 0 saturated carbocycles. The van der Waals surface area contributed by atoms with Crippen LogP contribution in [-0.4, -0.2) is 53.4 Å². The largest absolute Gasteiger partial charge is 0.486 e. The van der Waals surface area contributed by atoms with E-state index in [1.54, 1.807) is 6.20 Å². The summed E-state index contributed by atoms with van der Waals surface area (Å²) in [7, 11) is 0. The van der Waals surface area contributed by atoms with Gasteiger partial charge in [-0.25, -0.2) is 15.0 Å². The van der Waals surface area contributed by atoms with E-state index in [0.717, 1.165) is 61.4 Å². The lowest BCUT2D eigenvalue weighted by atomic mass is 9.76. The van der Waals surface area contributed by atoms with Crippen molar-refractivity contribution >= 4 is 29.2 Å². The van der Waals surface area contributed by atoms with Gasteiger partial charge in [-0.1, -0.05) is 36.0 Å². The number of anilines is 3. The average Bonchev–Trinajstić information content (AvgIpc) is 3.28. The first-order valence-corrected chi connectivity index (χ1v) is 14.0. The smallest absolute Gasteiger partial charge is 0.175 e. The molecule has 5 heterocycles. The quantitative estimate of drug-likeness (QED) is 0.527. The highest BCUT2D eigenvalue weighted by atomic mass is 32.2. The zero-order chi connectivity index (χ0) is 24.9. The first-order valence-electron chi connectivity index (χ1n) is 13.2. The van der Waals surface area contributed by atoms with Crippen molar-refractivity contribution < 1.29 is 9.47 Å². The minimum absolute atomic E-state index is 0.101. The second-order valence-electron chi connectivity index (χ2n) is 10.9. The molecule has 0 amide bonds. The Balaban J connectivity index is 1.03. The Morgan fingerprint density at radius 2 is 1.73 bits per heavy atom. The standard InChI is InChI=1S/C28H32N6O2S/c29-24-26(37-21-5-10-30-25-23(21)36-18-28(33-25)8-13-35-14-9-28)31-17-22(32-24)34-11-6-27(7-12-34)15-19-3-1-2-4-20(19)16-27/h1-5,10,17H,6-9,11-16,18H2,(H2,29,32)(H,30,33). The lowest BCUT2D eigenvalue weighted by Gasteiger charge is -2.41. The van der Waals surface area contributed by atoms with Gasteiger partial charge in [-0.05, 0) is 61.1 Å². The summed E-state index contributed by atoms with van der Waals surface area (Å²) in [5, 5.41) is 4.32. The van der Waals surface area contributed by atoms with Crippen LogP contribution in [-0.2, 0) is 17.6 Å². The number of piperidine rings is 1. The molecule has 0 bridgehead atoms. The summed E-state index contributed by atoms with van der Waals surface area (Å²) in [4.78, 5) is 17.3. The number of nitrogens with zero attached hydrogens (tertiary/aromatic N) is 4. The van der Waals surface area contributed by atoms with E-state index in [-0.39, 0.29) is 5.54 Å². The molecule has 3 aromatic rings. The number of ether oxygens (including phenoxy) is 2. The van der Waals surface area contributed by atoms with E-state index >= 15 is 0 Å². The molecule has 2 fully saturated rings. The van der Waals surface area contributed by atoms with E-state index in [1.807, 2.05) is 12.3 Å². The number of benzene rings is 1. The maximum Gasteiger partial charge on any atom is 0.175 e. The molecule has 7 rings (SSSR count). The van der Waals surface area contributed by atoms with Crippen molar-refractivity contribution in [3.8, 4) is 5.75 Å². The Bertz CT molecular complexity index is 1290. The van der Waals surface area contributed by atoms with Gasteiger partial charge >= 0.3 is 0 Å². The van der Waals surface area contributed by atoms with Crippen molar-refractivity contribution in [3.63, 3.8) is 0 Å². The zero-order valence-electron chi connectivity index (χ0n) is 20.9. The Morgan fingerprint density at radius 1 is 0.973 bits per heavy atom. The highest BCUT2D eigenvalue weighted by molar-refractivity contribution is 7.99. The van der Waals surface area contributed by atoms with Crippen LogP contribution in [0, 0.1) is 5.41 Å². The highest BCUT2D eigenvalue weighted by Gasteiger charge is 2.40. The molecular formula is C28H32N6O2S. The van der Waals surface area contributed by atoms with Crippen molar-refractivity contribution in [3.05, 3.63) is 53.9 Å². The third kappa shape index (κ3) is 4.28. The predicted octanol–water partition coefficient (Wildman–Crippen LogP) is 4.34. The number of rotatable bonds is 3. The number of hydrogen-bond acceptors (Lipinski definition) is 9. The summed E-state index contributed by atoms with van der Waals surface area (Å²) in [6, 6.07) is 10.9. The van der Waals surface area contributed by atoms with Crippen LogP contribution in [0.15, 0.2) is 52.6 Å². The van der Waals surface area contributed by atoms with Crippen LogP contribution < -0.4 is 20.7 Å². The molecule has 1 aromatic carbocycles. The molecule has 4 aliphatic rings. The second-order valence-corrected chi connectivity index (χ2v) is 12.0. The Morgan fingerprint density at radius 3 is 2.46 bits per heavy atom. The van der Waals surface area contributed by atoms with Crippen LogP contribution in [0.4, 0.5) is 17.5 Å². The Kier molecular flexibility index (Phi) is 5.66. The third-order valence-electron chi connectivity index (χ3n) is 8.55. The van der Waals surface area contributed by atoms with E-state index in [1.165, 1.54) is 48.6 Å². The Hall–Kier alpha value is -3.04. The maximum absolute atomic E-state index is 6.43. The van der Waals surface area contributed by atoms with Crippen LogP contribution in [0.2, 0.25) is 0 Å². The molecule has 2 saturated heterocycles. The van der Waals surface area contributed by atoms with Crippen LogP contribution in [0.25, 0.3) is 0 Å². The minimum atomic E-state index is -0.101. The van der Waals surface area contributed by atoms with Crippen molar-refractivity contribution in [1.29, 1.82) is 0 Å². The zero-order valence-corrected chi connectivity index (χ0v) is 21.7. The molecule has 0 radical (unpaired) electrons. The monoisotopic (exact) mass is 516 g/mol. The van der Waals surface area contributed by atoms with E-state index in [9.17, 15) is 0 Å². The lowest BCUT2D eigenvalue weighted by molar-refractivity contribution is 0.0378. The third-order valence-corrected chi connectivity index (χ3v) is 9.60. The molecule has 192 valence electrons. The fraction of sp³-hybridized carbons (Fsp3) is 0.464. The summed E-state index contributed by atoms with van der Waals surface area (Å²) in [5.41, 5.74) is 9.78. The summed E-state index contributed by atoms with van der Waals surface area (Å²) < 4.78 is 11.8. The number of nitrogens with two attached hydrogens (primary N) is 1. The maximum atomic E-state index is 6.43. The van der Waals surface area contributed by atoms with Crippen molar-refractivity contribution in [1.82, 2.24) is 15.0 Å². The highest BCUT2D eigenvalue weighted by Crippen LogP contribution is 2.46. The molecule has 0 unspecified atom stereocenters. The van der Waals surface area contributed by atoms with Gasteiger partial charge in [-0.15, -0.1) is 0 Å². The molecule has 3 N–H and O–H groups in total. The molecule has 2 spiro atoms. The van der Waals surface area contributed by atoms with Gasteiger partial charge in [0.2, 0.25) is 0 Å². The Labute approximate surface area is 221 Å². The van der Waals surface area contributed by atoms with Gasteiger partial charge in [0.15, 0.2) is 17.4 Å².